The van der Waals surface area contributed by atoms with Crippen molar-refractivity contribution >= 4 is 11.8 Å². The molecule has 0 bridgehead atoms. The third kappa shape index (κ3) is 2.84. The predicted molar refractivity (Wildman–Crippen MR) is 80.5 cm³/mol. The van der Waals surface area contributed by atoms with E-state index < -0.39 is 5.60 Å². The van der Waals surface area contributed by atoms with E-state index in [1.165, 1.54) is 18.6 Å². The van der Waals surface area contributed by atoms with Gasteiger partial charge in [0.15, 0.2) is 0 Å². The SMILES string of the molecule is CC1CC(C)CC(O)(C2CCOC3(CCSC3)C2)C1. The summed E-state index contributed by atoms with van der Waals surface area (Å²) in [6.07, 6.45) is 6.64. The second-order valence-corrected chi connectivity index (χ2v) is 8.59. The Morgan fingerprint density at radius 3 is 2.53 bits per heavy atom. The van der Waals surface area contributed by atoms with Crippen LogP contribution in [0.4, 0.5) is 0 Å². The topological polar surface area (TPSA) is 29.5 Å². The Hall–Kier alpha value is 0.270. The van der Waals surface area contributed by atoms with Crippen LogP contribution in [-0.4, -0.2) is 34.4 Å². The van der Waals surface area contributed by atoms with Gasteiger partial charge >= 0.3 is 0 Å². The summed E-state index contributed by atoms with van der Waals surface area (Å²) < 4.78 is 6.11. The zero-order valence-corrected chi connectivity index (χ0v) is 13.2. The lowest BCUT2D eigenvalue weighted by atomic mass is 9.64. The minimum Gasteiger partial charge on any atom is -0.390 e. The standard InChI is InChI=1S/C16H28O2S/c1-12-7-13(2)9-16(17,8-12)14-3-5-18-15(10-14)4-6-19-11-15/h12-14,17H,3-11H2,1-2H3. The van der Waals surface area contributed by atoms with Gasteiger partial charge in [0.25, 0.3) is 0 Å². The highest BCUT2D eigenvalue weighted by molar-refractivity contribution is 7.99. The Morgan fingerprint density at radius 1 is 1.16 bits per heavy atom. The number of hydrogen-bond acceptors (Lipinski definition) is 3. The van der Waals surface area contributed by atoms with Crippen LogP contribution in [0.15, 0.2) is 0 Å². The van der Waals surface area contributed by atoms with E-state index in [1.54, 1.807) is 0 Å². The fourth-order valence-corrected chi connectivity index (χ4v) is 6.21. The van der Waals surface area contributed by atoms with Gasteiger partial charge in [-0.1, -0.05) is 13.8 Å². The van der Waals surface area contributed by atoms with E-state index in [0.717, 1.165) is 38.0 Å². The largest absolute Gasteiger partial charge is 0.390 e. The maximum absolute atomic E-state index is 11.2. The monoisotopic (exact) mass is 284 g/mol. The number of aliphatic hydroxyl groups is 1. The molecule has 2 heterocycles. The molecule has 3 aliphatic rings. The molecule has 2 nitrogen and oxygen atoms in total. The van der Waals surface area contributed by atoms with Gasteiger partial charge < -0.3 is 9.84 Å². The molecule has 4 atom stereocenters. The number of hydrogen-bond donors (Lipinski definition) is 1. The Bertz CT molecular complexity index is 315. The summed E-state index contributed by atoms with van der Waals surface area (Å²) in [4.78, 5) is 0. The second kappa shape index (κ2) is 5.23. The van der Waals surface area contributed by atoms with Crippen molar-refractivity contribution in [1.82, 2.24) is 0 Å². The average Bonchev–Trinajstić information content (AvgIpc) is 2.75. The number of ether oxygens (including phenoxy) is 1. The van der Waals surface area contributed by atoms with Crippen LogP contribution in [0.5, 0.6) is 0 Å². The molecular weight excluding hydrogens is 256 g/mol. The summed E-state index contributed by atoms with van der Waals surface area (Å²) in [5.41, 5.74) is -0.311. The third-order valence-electron chi connectivity index (χ3n) is 5.53. The van der Waals surface area contributed by atoms with E-state index >= 15 is 0 Å². The van der Waals surface area contributed by atoms with Crippen molar-refractivity contribution < 1.29 is 9.84 Å². The van der Waals surface area contributed by atoms with Crippen molar-refractivity contribution in [2.45, 2.75) is 63.6 Å². The summed E-state index contributed by atoms with van der Waals surface area (Å²) in [7, 11) is 0. The van der Waals surface area contributed by atoms with Crippen LogP contribution >= 0.6 is 11.8 Å². The van der Waals surface area contributed by atoms with Gasteiger partial charge in [-0.3, -0.25) is 0 Å². The van der Waals surface area contributed by atoms with Crippen LogP contribution < -0.4 is 0 Å². The lowest BCUT2D eigenvalue weighted by molar-refractivity contribution is -0.152. The Morgan fingerprint density at radius 2 is 1.89 bits per heavy atom. The highest BCUT2D eigenvalue weighted by atomic mass is 32.2. The summed E-state index contributed by atoms with van der Waals surface area (Å²) >= 11 is 2.02. The molecule has 1 spiro atoms. The minimum atomic E-state index is -0.416. The van der Waals surface area contributed by atoms with E-state index in [9.17, 15) is 5.11 Å². The van der Waals surface area contributed by atoms with Crippen LogP contribution in [0.3, 0.4) is 0 Å². The van der Waals surface area contributed by atoms with E-state index in [2.05, 4.69) is 13.8 Å². The van der Waals surface area contributed by atoms with E-state index in [4.69, 9.17) is 4.74 Å². The molecule has 110 valence electrons. The highest BCUT2D eigenvalue weighted by Crippen LogP contribution is 2.49. The Balaban J connectivity index is 1.73. The normalized spacial score (nSPS) is 51.6. The molecule has 4 unspecified atom stereocenters. The molecule has 2 aliphatic heterocycles. The van der Waals surface area contributed by atoms with Crippen molar-refractivity contribution in [3.8, 4) is 0 Å². The van der Waals surface area contributed by atoms with Crippen LogP contribution in [0.2, 0.25) is 0 Å². The van der Waals surface area contributed by atoms with Crippen molar-refractivity contribution in [2.24, 2.45) is 17.8 Å². The molecular formula is C16H28O2S. The molecule has 0 aromatic heterocycles. The molecule has 2 saturated heterocycles. The molecule has 0 aromatic rings. The van der Waals surface area contributed by atoms with Gasteiger partial charge in [0.05, 0.1) is 11.2 Å². The first-order valence-corrected chi connectivity index (χ1v) is 9.11. The van der Waals surface area contributed by atoms with Gasteiger partial charge in [-0.2, -0.15) is 11.8 Å². The van der Waals surface area contributed by atoms with Crippen LogP contribution in [0, 0.1) is 17.8 Å². The second-order valence-electron chi connectivity index (χ2n) is 7.48. The quantitative estimate of drug-likeness (QED) is 0.799. The average molecular weight is 284 g/mol. The number of thioether (sulfide) groups is 1. The minimum absolute atomic E-state index is 0.104. The van der Waals surface area contributed by atoms with Crippen molar-refractivity contribution in [3.05, 3.63) is 0 Å². The molecule has 3 rings (SSSR count). The molecule has 3 heteroatoms. The third-order valence-corrected chi connectivity index (χ3v) is 6.75. The molecule has 1 N–H and O–H groups in total. The van der Waals surface area contributed by atoms with Gasteiger partial charge in [0.1, 0.15) is 0 Å². The first-order valence-electron chi connectivity index (χ1n) is 7.95. The van der Waals surface area contributed by atoms with Crippen LogP contribution in [-0.2, 0) is 4.74 Å². The van der Waals surface area contributed by atoms with Gasteiger partial charge in [0.2, 0.25) is 0 Å². The van der Waals surface area contributed by atoms with Crippen molar-refractivity contribution in [2.75, 3.05) is 18.1 Å². The van der Waals surface area contributed by atoms with Crippen molar-refractivity contribution in [1.29, 1.82) is 0 Å². The smallest absolute Gasteiger partial charge is 0.0784 e. The first-order chi connectivity index (χ1) is 9.01. The van der Waals surface area contributed by atoms with Gasteiger partial charge in [-0.05, 0) is 62.0 Å². The van der Waals surface area contributed by atoms with Crippen molar-refractivity contribution in [3.63, 3.8) is 0 Å². The molecule has 1 saturated carbocycles. The zero-order chi connectivity index (χ0) is 13.5. The Labute approximate surface area is 121 Å². The molecule has 1 aliphatic carbocycles. The summed E-state index contributed by atoms with van der Waals surface area (Å²) in [5, 5.41) is 11.2. The maximum Gasteiger partial charge on any atom is 0.0784 e. The molecule has 0 aromatic carbocycles. The predicted octanol–water partition coefficient (Wildman–Crippen LogP) is 3.48. The molecule has 0 amide bonds. The van der Waals surface area contributed by atoms with Crippen LogP contribution in [0.25, 0.3) is 0 Å². The molecule has 3 fully saturated rings. The summed E-state index contributed by atoms with van der Waals surface area (Å²) in [6, 6.07) is 0. The molecule has 0 radical (unpaired) electrons. The lowest BCUT2D eigenvalue weighted by Crippen LogP contribution is -2.51. The molecule has 19 heavy (non-hydrogen) atoms. The summed E-state index contributed by atoms with van der Waals surface area (Å²) in [6.45, 7) is 5.47. The lowest BCUT2D eigenvalue weighted by Gasteiger charge is -2.49. The maximum atomic E-state index is 11.2. The van der Waals surface area contributed by atoms with Crippen LogP contribution in [0.1, 0.15) is 52.4 Å². The summed E-state index contributed by atoms with van der Waals surface area (Å²) in [5.74, 6) is 4.18. The first kappa shape index (κ1) is 14.2. The Kier molecular flexibility index (Phi) is 3.92. The van der Waals surface area contributed by atoms with Gasteiger partial charge in [-0.15, -0.1) is 0 Å². The van der Waals surface area contributed by atoms with E-state index in [1.807, 2.05) is 11.8 Å². The fraction of sp³-hybridized carbons (Fsp3) is 1.00. The number of rotatable bonds is 1. The fourth-order valence-electron chi connectivity index (χ4n) is 4.83. The van der Waals surface area contributed by atoms with Gasteiger partial charge in [-0.25, -0.2) is 0 Å². The van der Waals surface area contributed by atoms with E-state index in [-0.39, 0.29) is 5.60 Å². The van der Waals surface area contributed by atoms with E-state index in [0.29, 0.717) is 17.8 Å². The van der Waals surface area contributed by atoms with Gasteiger partial charge in [0, 0.05) is 12.4 Å². The highest BCUT2D eigenvalue weighted by Gasteiger charge is 2.49. The zero-order valence-electron chi connectivity index (χ0n) is 12.4.